The molecule has 3 heteroatoms. The summed E-state index contributed by atoms with van der Waals surface area (Å²) in [5.74, 6) is 2.69. The Balaban J connectivity index is 1.69. The summed E-state index contributed by atoms with van der Waals surface area (Å²) in [4.78, 5) is 15.0. The molecule has 0 aromatic heterocycles. The summed E-state index contributed by atoms with van der Waals surface area (Å²) in [6, 6.07) is 0.396. The third-order valence-electron chi connectivity index (χ3n) is 9.21. The molecule has 0 heterocycles. The van der Waals surface area contributed by atoms with Crippen molar-refractivity contribution in [2.24, 2.45) is 34.5 Å². The van der Waals surface area contributed by atoms with E-state index < -0.39 is 0 Å². The fraction of sp³-hybridized carbons (Fsp3) is 0.870. The van der Waals surface area contributed by atoms with Crippen molar-refractivity contribution in [3.63, 3.8) is 0 Å². The number of ketones is 1. The number of aliphatic hydroxyl groups excluding tert-OH is 1. The molecule has 3 fully saturated rings. The Kier molecular flexibility index (Phi) is 4.43. The molecule has 4 aliphatic rings. The fourth-order valence-electron chi connectivity index (χ4n) is 7.90. The summed E-state index contributed by atoms with van der Waals surface area (Å²) in [7, 11) is 4.31. The average Bonchev–Trinajstić information content (AvgIpc) is 2.89. The molecule has 0 aromatic carbocycles. The molecule has 0 amide bonds. The quantitative estimate of drug-likeness (QED) is 0.756. The predicted octanol–water partition coefficient (Wildman–Crippen LogP) is 4.06. The third-order valence-corrected chi connectivity index (χ3v) is 9.21. The van der Waals surface area contributed by atoms with E-state index in [-0.39, 0.29) is 22.9 Å². The molecule has 0 aliphatic heterocycles. The molecule has 0 radical (unpaired) electrons. The lowest BCUT2D eigenvalue weighted by Crippen LogP contribution is -2.51. The van der Waals surface area contributed by atoms with E-state index in [4.69, 9.17) is 0 Å². The molecule has 0 aromatic rings. The summed E-state index contributed by atoms with van der Waals surface area (Å²) in [6.45, 7) is 6.73. The molecule has 1 N–H and O–H groups in total. The summed E-state index contributed by atoms with van der Waals surface area (Å²) in [6.07, 6.45) is 10.1. The molecule has 0 saturated heterocycles. The van der Waals surface area contributed by atoms with Gasteiger partial charge in [0, 0.05) is 12.0 Å². The minimum atomic E-state index is -0.133. The summed E-state index contributed by atoms with van der Waals surface area (Å²) < 4.78 is 0. The van der Waals surface area contributed by atoms with Crippen LogP contribution in [0.15, 0.2) is 11.6 Å². The zero-order valence-electron chi connectivity index (χ0n) is 17.3. The first kappa shape index (κ1) is 18.7. The van der Waals surface area contributed by atoms with Gasteiger partial charge in [-0.1, -0.05) is 25.5 Å². The Morgan fingerprint density at radius 3 is 2.58 bits per heavy atom. The maximum absolute atomic E-state index is 12.6. The van der Waals surface area contributed by atoms with Crippen LogP contribution < -0.4 is 0 Å². The molecule has 3 nitrogen and oxygen atoms in total. The Hall–Kier alpha value is -0.670. The van der Waals surface area contributed by atoms with Gasteiger partial charge in [-0.3, -0.25) is 4.79 Å². The third kappa shape index (κ3) is 2.49. The van der Waals surface area contributed by atoms with Crippen molar-refractivity contribution < 1.29 is 9.90 Å². The van der Waals surface area contributed by atoms with Crippen molar-refractivity contribution in [1.29, 1.82) is 0 Å². The number of carbonyl (C=O) groups is 1. The van der Waals surface area contributed by atoms with Gasteiger partial charge >= 0.3 is 0 Å². The number of carbonyl (C=O) groups excluding carboxylic acids is 1. The van der Waals surface area contributed by atoms with E-state index in [9.17, 15) is 9.90 Å². The van der Waals surface area contributed by atoms with Crippen molar-refractivity contribution in [2.75, 3.05) is 14.1 Å². The molecular weight excluding hydrogens is 322 g/mol. The van der Waals surface area contributed by atoms with Crippen LogP contribution in [0.25, 0.3) is 0 Å². The summed E-state index contributed by atoms with van der Waals surface area (Å²) in [5.41, 5.74) is 1.98. The number of Topliss-reactive ketones (excluding diaryl/α,β-unsaturated/α-hetero) is 1. The van der Waals surface area contributed by atoms with Crippen LogP contribution in [-0.4, -0.2) is 42.0 Å². The molecule has 0 spiro atoms. The maximum atomic E-state index is 12.6. The smallest absolute Gasteiger partial charge is 0.135 e. The molecule has 26 heavy (non-hydrogen) atoms. The van der Waals surface area contributed by atoms with E-state index in [0.717, 1.165) is 31.6 Å². The summed E-state index contributed by atoms with van der Waals surface area (Å²) in [5, 5.41) is 10.2. The van der Waals surface area contributed by atoms with Crippen LogP contribution in [-0.2, 0) is 4.79 Å². The van der Waals surface area contributed by atoms with Gasteiger partial charge in [-0.25, -0.2) is 0 Å². The number of rotatable bonds is 2. The van der Waals surface area contributed by atoms with E-state index >= 15 is 0 Å². The van der Waals surface area contributed by atoms with Crippen LogP contribution in [0.5, 0.6) is 0 Å². The van der Waals surface area contributed by atoms with Gasteiger partial charge in [0.1, 0.15) is 5.78 Å². The zero-order valence-corrected chi connectivity index (χ0v) is 17.3. The second kappa shape index (κ2) is 6.17. The van der Waals surface area contributed by atoms with Crippen LogP contribution in [0.3, 0.4) is 0 Å². The fourth-order valence-corrected chi connectivity index (χ4v) is 7.90. The van der Waals surface area contributed by atoms with Crippen molar-refractivity contribution in [2.45, 2.75) is 77.9 Å². The van der Waals surface area contributed by atoms with Gasteiger partial charge in [-0.2, -0.15) is 0 Å². The van der Waals surface area contributed by atoms with Gasteiger partial charge in [0.15, 0.2) is 0 Å². The maximum Gasteiger partial charge on any atom is 0.135 e. The van der Waals surface area contributed by atoms with Crippen LogP contribution in [0, 0.1) is 34.5 Å². The largest absolute Gasteiger partial charge is 0.393 e. The van der Waals surface area contributed by atoms with Crippen LogP contribution >= 0.6 is 0 Å². The average molecular weight is 360 g/mol. The monoisotopic (exact) mass is 359 g/mol. The Morgan fingerprint density at radius 1 is 1.19 bits per heavy atom. The van der Waals surface area contributed by atoms with Gasteiger partial charge in [-0.15, -0.1) is 0 Å². The number of fused-ring (bicyclic) bond motifs is 5. The first-order valence-electron chi connectivity index (χ1n) is 10.7. The molecular formula is C23H37NO2. The summed E-state index contributed by atoms with van der Waals surface area (Å²) >= 11 is 0. The highest BCUT2D eigenvalue weighted by Gasteiger charge is 2.62. The second-order valence-electron chi connectivity index (χ2n) is 10.6. The zero-order chi connectivity index (χ0) is 18.9. The van der Waals surface area contributed by atoms with E-state index in [1.807, 2.05) is 6.92 Å². The molecule has 4 aliphatic carbocycles. The number of hydrogen-bond acceptors (Lipinski definition) is 3. The minimum absolute atomic E-state index is 0.133. The molecule has 146 valence electrons. The highest BCUT2D eigenvalue weighted by Crippen LogP contribution is 2.66. The SMILES string of the molecule is CC(=O)[C@@H]1[C@H](N(C)C)C[C@@H]2[C@H]3CC=C4C[C@@H](O)CC[C@]4(C)[C@@H]3CC[C@@]21C. The number of nitrogens with zero attached hydrogens (tertiary/aromatic N) is 1. The van der Waals surface area contributed by atoms with Crippen LogP contribution in [0.1, 0.15) is 65.7 Å². The van der Waals surface area contributed by atoms with Crippen molar-refractivity contribution in [3.05, 3.63) is 11.6 Å². The Bertz CT molecular complexity index is 626. The van der Waals surface area contributed by atoms with E-state index in [1.54, 1.807) is 0 Å². The van der Waals surface area contributed by atoms with Crippen molar-refractivity contribution >= 4 is 5.78 Å². The van der Waals surface area contributed by atoms with Crippen LogP contribution in [0.2, 0.25) is 0 Å². The molecule has 0 unspecified atom stereocenters. The molecule has 0 bridgehead atoms. The van der Waals surface area contributed by atoms with Gasteiger partial charge in [0.05, 0.1) is 6.10 Å². The topological polar surface area (TPSA) is 40.5 Å². The van der Waals surface area contributed by atoms with Gasteiger partial charge in [-0.05, 0) is 94.5 Å². The Morgan fingerprint density at radius 2 is 1.92 bits per heavy atom. The molecule has 3 saturated carbocycles. The normalized spacial score (nSPS) is 50.7. The van der Waals surface area contributed by atoms with E-state index in [0.29, 0.717) is 23.7 Å². The number of allylic oxidation sites excluding steroid dienone is 1. The lowest BCUT2D eigenvalue weighted by molar-refractivity contribution is -0.129. The lowest BCUT2D eigenvalue weighted by atomic mass is 9.47. The van der Waals surface area contributed by atoms with Crippen molar-refractivity contribution in [1.82, 2.24) is 4.90 Å². The molecule has 8 atom stereocenters. The highest BCUT2D eigenvalue weighted by atomic mass is 16.3. The lowest BCUT2D eigenvalue weighted by Gasteiger charge is -2.57. The minimum Gasteiger partial charge on any atom is -0.393 e. The second-order valence-corrected chi connectivity index (χ2v) is 10.6. The van der Waals surface area contributed by atoms with E-state index in [1.165, 1.54) is 24.8 Å². The van der Waals surface area contributed by atoms with Gasteiger partial charge < -0.3 is 10.0 Å². The van der Waals surface area contributed by atoms with Gasteiger partial charge in [0.2, 0.25) is 0 Å². The van der Waals surface area contributed by atoms with Crippen LogP contribution in [0.4, 0.5) is 0 Å². The van der Waals surface area contributed by atoms with E-state index in [2.05, 4.69) is 38.9 Å². The van der Waals surface area contributed by atoms with Crippen molar-refractivity contribution in [3.8, 4) is 0 Å². The first-order chi connectivity index (χ1) is 12.2. The van der Waals surface area contributed by atoms with Gasteiger partial charge in [0.25, 0.3) is 0 Å². The Labute approximate surface area is 159 Å². The first-order valence-corrected chi connectivity index (χ1v) is 10.7. The number of hydrogen-bond donors (Lipinski definition) is 1. The molecule has 4 rings (SSSR count). The standard InChI is InChI=1S/C23H37NO2/c1-14(25)21-20(24(4)5)13-19-17-7-6-15-12-16(26)8-10-22(15,2)18(17)9-11-23(19,21)3/h6,16-21,26H,7-13H2,1-5H3/t16-,17-,18+,19+,20+,21+,22-,23-/m0/s1. The number of aliphatic hydroxyl groups is 1. The highest BCUT2D eigenvalue weighted by molar-refractivity contribution is 5.80. The predicted molar refractivity (Wildman–Crippen MR) is 105 cm³/mol.